The van der Waals surface area contributed by atoms with Crippen LogP contribution in [0.3, 0.4) is 0 Å². The van der Waals surface area contributed by atoms with Gasteiger partial charge < -0.3 is 4.57 Å². The summed E-state index contributed by atoms with van der Waals surface area (Å²) in [6.07, 6.45) is 3.69. The van der Waals surface area contributed by atoms with E-state index in [1.165, 1.54) is 35.0 Å². The van der Waals surface area contributed by atoms with Crippen LogP contribution in [-0.4, -0.2) is 27.4 Å². The summed E-state index contributed by atoms with van der Waals surface area (Å²) in [6, 6.07) is 22.6. The number of aryl methyl sites for hydroxylation is 1. The van der Waals surface area contributed by atoms with Crippen molar-refractivity contribution in [3.63, 3.8) is 0 Å². The molecule has 0 bridgehead atoms. The number of thioether (sulfide) groups is 1. The van der Waals surface area contributed by atoms with Crippen molar-refractivity contribution in [1.29, 1.82) is 0 Å². The molecular formula is C25H22N4O3S. The highest BCUT2D eigenvalue weighted by Crippen LogP contribution is 2.22. The number of hydrogen-bond donors (Lipinski definition) is 1. The van der Waals surface area contributed by atoms with Crippen LogP contribution >= 0.6 is 11.8 Å². The van der Waals surface area contributed by atoms with Gasteiger partial charge in [0.15, 0.2) is 0 Å². The van der Waals surface area contributed by atoms with Crippen LogP contribution in [0.4, 0.5) is 5.69 Å². The van der Waals surface area contributed by atoms with E-state index in [0.29, 0.717) is 0 Å². The highest BCUT2D eigenvalue weighted by molar-refractivity contribution is 8.00. The molecule has 166 valence electrons. The van der Waals surface area contributed by atoms with E-state index in [0.717, 1.165) is 27.9 Å². The maximum Gasteiger partial charge on any atom is 0.269 e. The number of nitrogens with zero attached hydrogens (tertiary/aromatic N) is 3. The Labute approximate surface area is 195 Å². The molecule has 0 aliphatic carbocycles. The van der Waals surface area contributed by atoms with Crippen LogP contribution in [0.5, 0.6) is 0 Å². The molecule has 0 aliphatic rings. The molecular weight excluding hydrogens is 436 g/mol. The zero-order chi connectivity index (χ0) is 23.2. The van der Waals surface area contributed by atoms with Gasteiger partial charge in [0.2, 0.25) is 5.91 Å². The largest absolute Gasteiger partial charge is 0.342 e. The van der Waals surface area contributed by atoms with Gasteiger partial charge in [0, 0.05) is 46.2 Å². The molecule has 0 fully saturated rings. The van der Waals surface area contributed by atoms with Crippen molar-refractivity contribution >= 4 is 40.5 Å². The minimum atomic E-state index is -0.451. The Bertz CT molecular complexity index is 1330. The van der Waals surface area contributed by atoms with Crippen molar-refractivity contribution in [3.05, 3.63) is 106 Å². The van der Waals surface area contributed by atoms with Gasteiger partial charge in [0.05, 0.1) is 16.9 Å². The first kappa shape index (κ1) is 22.3. The summed E-state index contributed by atoms with van der Waals surface area (Å²) in [5.74, 6) is -0.0947. The Hall–Kier alpha value is -3.91. The number of hydrogen-bond acceptors (Lipinski definition) is 5. The Kier molecular flexibility index (Phi) is 6.85. The number of rotatable bonds is 8. The molecule has 0 saturated heterocycles. The number of nitrogens with one attached hydrogen (secondary N) is 1. The molecule has 1 aromatic heterocycles. The fourth-order valence-corrected chi connectivity index (χ4v) is 4.23. The van der Waals surface area contributed by atoms with Crippen LogP contribution in [0.15, 0.2) is 89.0 Å². The molecule has 0 radical (unpaired) electrons. The van der Waals surface area contributed by atoms with E-state index in [4.69, 9.17) is 0 Å². The van der Waals surface area contributed by atoms with Crippen molar-refractivity contribution in [2.75, 3.05) is 5.75 Å². The lowest BCUT2D eigenvalue weighted by atomic mass is 10.1. The van der Waals surface area contributed by atoms with Gasteiger partial charge in [0.1, 0.15) is 0 Å². The maximum absolute atomic E-state index is 12.2. The smallest absolute Gasteiger partial charge is 0.269 e. The zero-order valence-corrected chi connectivity index (χ0v) is 18.8. The zero-order valence-electron chi connectivity index (χ0n) is 18.0. The van der Waals surface area contributed by atoms with Crippen molar-refractivity contribution in [3.8, 4) is 0 Å². The van der Waals surface area contributed by atoms with E-state index >= 15 is 0 Å². The summed E-state index contributed by atoms with van der Waals surface area (Å²) in [5, 5.41) is 15.9. The summed E-state index contributed by atoms with van der Waals surface area (Å²) in [4.78, 5) is 23.2. The predicted octanol–water partition coefficient (Wildman–Crippen LogP) is 5.15. The number of nitro groups is 1. The normalized spacial score (nSPS) is 11.2. The standard InChI is InChI=1S/C25H22N4O3S/c1-18-5-4-6-19(13-18)15-28-16-20(23-7-2-3-8-24(23)28)14-26-27-25(30)17-33-22-11-9-21(10-12-22)29(31)32/h2-14,16H,15,17H2,1H3,(H,27,30)/b26-14-. The van der Waals surface area contributed by atoms with Gasteiger partial charge in [-0.25, -0.2) is 5.43 Å². The van der Waals surface area contributed by atoms with Crippen LogP contribution in [0, 0.1) is 17.0 Å². The van der Waals surface area contributed by atoms with Crippen molar-refractivity contribution in [2.24, 2.45) is 5.10 Å². The molecule has 0 spiro atoms. The number of fused-ring (bicyclic) bond motifs is 1. The molecule has 7 nitrogen and oxygen atoms in total. The number of amides is 1. The third-order valence-electron chi connectivity index (χ3n) is 5.07. The summed E-state index contributed by atoms with van der Waals surface area (Å²) in [5.41, 5.74) is 7.03. The first-order valence-electron chi connectivity index (χ1n) is 10.3. The summed E-state index contributed by atoms with van der Waals surface area (Å²) >= 11 is 1.29. The van der Waals surface area contributed by atoms with Gasteiger partial charge >= 0.3 is 0 Å². The maximum atomic E-state index is 12.2. The van der Waals surface area contributed by atoms with E-state index in [2.05, 4.69) is 52.3 Å². The van der Waals surface area contributed by atoms with Gasteiger partial charge in [-0.1, -0.05) is 48.0 Å². The predicted molar refractivity (Wildman–Crippen MR) is 132 cm³/mol. The van der Waals surface area contributed by atoms with Gasteiger partial charge in [-0.05, 0) is 30.7 Å². The number of benzene rings is 3. The number of nitro benzene ring substituents is 1. The molecule has 4 rings (SSSR count). The third kappa shape index (κ3) is 5.67. The fourth-order valence-electron chi connectivity index (χ4n) is 3.54. The van der Waals surface area contributed by atoms with Crippen molar-refractivity contribution < 1.29 is 9.72 Å². The van der Waals surface area contributed by atoms with E-state index < -0.39 is 4.92 Å². The molecule has 0 aliphatic heterocycles. The van der Waals surface area contributed by atoms with Gasteiger partial charge in [-0.3, -0.25) is 14.9 Å². The number of non-ortho nitro benzene ring substituents is 1. The second-order valence-corrected chi connectivity index (χ2v) is 8.60. The van der Waals surface area contributed by atoms with Crippen LogP contribution in [0.2, 0.25) is 0 Å². The van der Waals surface area contributed by atoms with Gasteiger partial charge in [-0.15, -0.1) is 11.8 Å². The Balaban J connectivity index is 1.40. The van der Waals surface area contributed by atoms with Crippen LogP contribution in [0.1, 0.15) is 16.7 Å². The van der Waals surface area contributed by atoms with Gasteiger partial charge in [0.25, 0.3) is 5.69 Å². The number of carbonyl (C=O) groups excluding carboxylic acids is 1. The first-order chi connectivity index (χ1) is 16.0. The summed E-state index contributed by atoms with van der Waals surface area (Å²) in [7, 11) is 0. The highest BCUT2D eigenvalue weighted by atomic mass is 32.2. The third-order valence-corrected chi connectivity index (χ3v) is 6.08. The van der Waals surface area contributed by atoms with E-state index in [1.807, 2.05) is 24.4 Å². The topological polar surface area (TPSA) is 89.5 Å². The van der Waals surface area contributed by atoms with Crippen molar-refractivity contribution in [1.82, 2.24) is 9.99 Å². The monoisotopic (exact) mass is 458 g/mol. The minimum absolute atomic E-state index is 0.0231. The number of aromatic nitrogens is 1. The minimum Gasteiger partial charge on any atom is -0.342 e. The SMILES string of the molecule is Cc1cccc(Cn2cc(/C=N\NC(=O)CSc3ccc([N+](=O)[O-])cc3)c3ccccc32)c1. The average molecular weight is 459 g/mol. The molecule has 0 saturated carbocycles. The molecule has 33 heavy (non-hydrogen) atoms. The van der Waals surface area contributed by atoms with Crippen molar-refractivity contribution in [2.45, 2.75) is 18.4 Å². The molecule has 1 heterocycles. The number of carbonyl (C=O) groups is 1. The second-order valence-electron chi connectivity index (χ2n) is 7.55. The average Bonchev–Trinajstić information content (AvgIpc) is 3.15. The van der Waals surface area contributed by atoms with Gasteiger partial charge in [-0.2, -0.15) is 5.10 Å². The van der Waals surface area contributed by atoms with Crippen LogP contribution < -0.4 is 5.43 Å². The highest BCUT2D eigenvalue weighted by Gasteiger charge is 2.09. The van der Waals surface area contributed by atoms with E-state index in [1.54, 1.807) is 18.3 Å². The molecule has 1 amide bonds. The molecule has 0 atom stereocenters. The lowest BCUT2D eigenvalue weighted by molar-refractivity contribution is -0.384. The molecule has 4 aromatic rings. The number of para-hydroxylation sites is 1. The first-order valence-corrected chi connectivity index (χ1v) is 11.3. The summed E-state index contributed by atoms with van der Waals surface area (Å²) < 4.78 is 2.18. The molecule has 1 N–H and O–H groups in total. The second kappa shape index (κ2) is 10.1. The Morgan fingerprint density at radius 3 is 2.67 bits per heavy atom. The molecule has 0 unspecified atom stereocenters. The quantitative estimate of drug-likeness (QED) is 0.171. The molecule has 8 heteroatoms. The Morgan fingerprint density at radius 2 is 1.91 bits per heavy atom. The number of hydrazone groups is 1. The van der Waals surface area contributed by atoms with Crippen LogP contribution in [0.25, 0.3) is 10.9 Å². The summed E-state index contributed by atoms with van der Waals surface area (Å²) in [6.45, 7) is 2.83. The van der Waals surface area contributed by atoms with E-state index in [-0.39, 0.29) is 17.3 Å². The fraction of sp³-hybridized carbons (Fsp3) is 0.120. The lowest BCUT2D eigenvalue weighted by Gasteiger charge is -2.06. The lowest BCUT2D eigenvalue weighted by Crippen LogP contribution is -2.19. The van der Waals surface area contributed by atoms with Crippen LogP contribution in [-0.2, 0) is 11.3 Å². The van der Waals surface area contributed by atoms with E-state index in [9.17, 15) is 14.9 Å². The Morgan fingerprint density at radius 1 is 1.12 bits per heavy atom. The molecule has 3 aromatic carbocycles.